The minimum absolute atomic E-state index is 0.0114. The number of amides is 1. The molecular weight excluding hydrogens is 436 g/mol. The number of ether oxygens (including phenoxy) is 6. The van der Waals surface area contributed by atoms with E-state index in [0.717, 1.165) is 12.8 Å². The summed E-state index contributed by atoms with van der Waals surface area (Å²) < 4.78 is 32.0. The van der Waals surface area contributed by atoms with E-state index in [1.54, 1.807) is 14.0 Å². The highest BCUT2D eigenvalue weighted by Gasteiger charge is 2.34. The van der Waals surface area contributed by atoms with Gasteiger partial charge in [-0.2, -0.15) is 0 Å². The van der Waals surface area contributed by atoms with Gasteiger partial charge in [0.05, 0.1) is 13.2 Å². The number of aromatic nitrogens is 1. The quantitative estimate of drug-likeness (QED) is 0.443. The second-order valence-electron chi connectivity index (χ2n) is 7.52. The SMILES string of the molecule is COc1ccnc(C(=O)N[C@H]2CCCC[C@H](OC)[C@@H](OC)[C@H](C)OC2=O)c1OCOC(C)=O. The standard InChI is InChI=1S/C22H32N2O9/c1-13-19(30-5)16(28-3)9-7-6-8-15(22(27)33-13)24-21(26)18-20(32-12-31-14(2)25)17(29-4)10-11-23-18/h10-11,13,15-16,19H,6-9,12H2,1-5H3,(H,24,26)/t13-,15-,16-,19-/m0/s1. The van der Waals surface area contributed by atoms with E-state index in [0.29, 0.717) is 12.8 Å². The molecule has 0 saturated carbocycles. The maximum absolute atomic E-state index is 13.0. The summed E-state index contributed by atoms with van der Waals surface area (Å²) in [5.41, 5.74) is -0.117. The zero-order chi connectivity index (χ0) is 24.4. The lowest BCUT2D eigenvalue weighted by Crippen LogP contribution is -2.47. The summed E-state index contributed by atoms with van der Waals surface area (Å²) in [6.45, 7) is 2.52. The predicted molar refractivity (Wildman–Crippen MR) is 115 cm³/mol. The molecule has 1 aromatic heterocycles. The number of esters is 2. The molecule has 1 saturated heterocycles. The van der Waals surface area contributed by atoms with Crippen LogP contribution in [0.1, 0.15) is 50.0 Å². The Balaban J connectivity index is 2.19. The third-order valence-corrected chi connectivity index (χ3v) is 5.30. The molecule has 11 nitrogen and oxygen atoms in total. The Bertz CT molecular complexity index is 817. The molecule has 0 aliphatic carbocycles. The molecule has 2 heterocycles. The fraction of sp³-hybridized carbons (Fsp3) is 0.636. The van der Waals surface area contributed by atoms with Gasteiger partial charge in [0.1, 0.15) is 18.2 Å². The summed E-state index contributed by atoms with van der Waals surface area (Å²) in [6, 6.07) is 0.599. The molecule has 0 aromatic carbocycles. The van der Waals surface area contributed by atoms with Crippen molar-refractivity contribution in [1.29, 1.82) is 0 Å². The van der Waals surface area contributed by atoms with Crippen molar-refractivity contribution < 1.29 is 42.8 Å². The molecule has 1 aromatic rings. The molecule has 33 heavy (non-hydrogen) atoms. The monoisotopic (exact) mass is 468 g/mol. The van der Waals surface area contributed by atoms with Crippen molar-refractivity contribution in [2.24, 2.45) is 0 Å². The van der Waals surface area contributed by atoms with Gasteiger partial charge in [0.25, 0.3) is 5.91 Å². The van der Waals surface area contributed by atoms with E-state index >= 15 is 0 Å². The molecule has 184 valence electrons. The number of pyridine rings is 1. The maximum atomic E-state index is 13.0. The summed E-state index contributed by atoms with van der Waals surface area (Å²) in [5, 5.41) is 2.68. The zero-order valence-electron chi connectivity index (χ0n) is 19.6. The Morgan fingerprint density at radius 1 is 1.18 bits per heavy atom. The molecule has 0 bridgehead atoms. The number of hydrogen-bond donors (Lipinski definition) is 1. The van der Waals surface area contributed by atoms with Gasteiger partial charge in [-0.05, 0) is 19.8 Å². The van der Waals surface area contributed by atoms with E-state index < -0.39 is 42.9 Å². The van der Waals surface area contributed by atoms with Gasteiger partial charge in [0.15, 0.2) is 17.2 Å². The van der Waals surface area contributed by atoms with Crippen LogP contribution in [0.15, 0.2) is 12.3 Å². The third kappa shape index (κ3) is 7.29. The number of hydrogen-bond acceptors (Lipinski definition) is 10. The molecule has 11 heteroatoms. The van der Waals surface area contributed by atoms with Crippen molar-refractivity contribution >= 4 is 17.8 Å². The number of methoxy groups -OCH3 is 3. The van der Waals surface area contributed by atoms with Gasteiger partial charge in [-0.15, -0.1) is 0 Å². The van der Waals surface area contributed by atoms with Gasteiger partial charge >= 0.3 is 11.9 Å². The molecule has 1 amide bonds. The Hall–Kier alpha value is -2.92. The molecule has 1 aliphatic rings. The molecule has 4 atom stereocenters. The topological polar surface area (TPSA) is 132 Å². The predicted octanol–water partition coefficient (Wildman–Crippen LogP) is 1.62. The molecule has 0 spiro atoms. The maximum Gasteiger partial charge on any atom is 0.329 e. The van der Waals surface area contributed by atoms with Crippen LogP contribution in [0.4, 0.5) is 0 Å². The molecule has 1 N–H and O–H groups in total. The molecule has 0 unspecified atom stereocenters. The average molecular weight is 469 g/mol. The molecule has 1 aliphatic heterocycles. The van der Waals surface area contributed by atoms with E-state index in [-0.39, 0.29) is 23.3 Å². The lowest BCUT2D eigenvalue weighted by molar-refractivity contribution is -0.165. The first-order valence-corrected chi connectivity index (χ1v) is 10.7. The summed E-state index contributed by atoms with van der Waals surface area (Å²) in [4.78, 5) is 41.0. The fourth-order valence-electron chi connectivity index (χ4n) is 3.63. The van der Waals surface area contributed by atoms with Gasteiger partial charge in [-0.25, -0.2) is 9.78 Å². The number of carbonyl (C=O) groups excluding carboxylic acids is 3. The van der Waals surface area contributed by atoms with Crippen LogP contribution in [0.25, 0.3) is 0 Å². The fourth-order valence-corrected chi connectivity index (χ4v) is 3.63. The van der Waals surface area contributed by atoms with Crippen molar-refractivity contribution in [2.75, 3.05) is 28.1 Å². The highest BCUT2D eigenvalue weighted by atomic mass is 16.7. The van der Waals surface area contributed by atoms with Crippen LogP contribution in [-0.4, -0.2) is 75.3 Å². The van der Waals surface area contributed by atoms with Crippen LogP contribution in [0.3, 0.4) is 0 Å². The van der Waals surface area contributed by atoms with Crippen molar-refractivity contribution in [1.82, 2.24) is 10.3 Å². The normalized spacial score (nSPS) is 23.7. The van der Waals surface area contributed by atoms with E-state index in [4.69, 9.17) is 28.4 Å². The number of carbonyl (C=O) groups is 3. The van der Waals surface area contributed by atoms with Crippen LogP contribution >= 0.6 is 0 Å². The molecule has 0 radical (unpaired) electrons. The Morgan fingerprint density at radius 2 is 1.91 bits per heavy atom. The number of cyclic esters (lactones) is 1. The molecule has 2 rings (SSSR count). The lowest BCUT2D eigenvalue weighted by Gasteiger charge is -2.32. The first-order valence-electron chi connectivity index (χ1n) is 10.7. The van der Waals surface area contributed by atoms with Crippen LogP contribution < -0.4 is 14.8 Å². The van der Waals surface area contributed by atoms with Gasteiger partial charge < -0.3 is 33.7 Å². The van der Waals surface area contributed by atoms with E-state index in [1.807, 2.05) is 0 Å². The van der Waals surface area contributed by atoms with Gasteiger partial charge in [0, 0.05) is 33.4 Å². The molecular formula is C22H32N2O9. The van der Waals surface area contributed by atoms with E-state index in [2.05, 4.69) is 10.3 Å². The Morgan fingerprint density at radius 3 is 2.55 bits per heavy atom. The smallest absolute Gasteiger partial charge is 0.329 e. The lowest BCUT2D eigenvalue weighted by atomic mass is 9.99. The minimum Gasteiger partial charge on any atom is -0.493 e. The summed E-state index contributed by atoms with van der Waals surface area (Å²) in [5.74, 6) is -1.58. The number of rotatable bonds is 8. The van der Waals surface area contributed by atoms with Crippen LogP contribution in [0.5, 0.6) is 11.5 Å². The number of nitrogens with one attached hydrogen (secondary N) is 1. The minimum atomic E-state index is -0.897. The Kier molecular flexibility index (Phi) is 10.3. The average Bonchev–Trinajstić information content (AvgIpc) is 2.79. The van der Waals surface area contributed by atoms with Crippen LogP contribution in [0.2, 0.25) is 0 Å². The highest BCUT2D eigenvalue weighted by molar-refractivity contribution is 5.98. The zero-order valence-corrected chi connectivity index (χ0v) is 19.6. The second kappa shape index (κ2) is 12.9. The first-order chi connectivity index (χ1) is 15.8. The van der Waals surface area contributed by atoms with Gasteiger partial charge in [-0.1, -0.05) is 12.8 Å². The first kappa shape index (κ1) is 26.3. The van der Waals surface area contributed by atoms with Crippen LogP contribution in [0, 0.1) is 0 Å². The largest absolute Gasteiger partial charge is 0.493 e. The summed E-state index contributed by atoms with van der Waals surface area (Å²) in [7, 11) is 4.54. The van der Waals surface area contributed by atoms with Crippen molar-refractivity contribution in [3.05, 3.63) is 18.0 Å². The van der Waals surface area contributed by atoms with Crippen molar-refractivity contribution in [3.8, 4) is 11.5 Å². The van der Waals surface area contributed by atoms with Crippen molar-refractivity contribution in [2.45, 2.75) is 63.9 Å². The second-order valence-corrected chi connectivity index (χ2v) is 7.52. The number of nitrogens with zero attached hydrogens (tertiary/aromatic N) is 1. The van der Waals surface area contributed by atoms with Gasteiger partial charge in [0.2, 0.25) is 6.79 Å². The van der Waals surface area contributed by atoms with Gasteiger partial charge in [-0.3, -0.25) is 9.59 Å². The van der Waals surface area contributed by atoms with E-state index in [9.17, 15) is 14.4 Å². The van der Waals surface area contributed by atoms with E-state index in [1.165, 1.54) is 33.4 Å². The van der Waals surface area contributed by atoms with Crippen LogP contribution in [-0.2, 0) is 28.5 Å². The molecule has 1 fully saturated rings. The Labute approximate surface area is 193 Å². The van der Waals surface area contributed by atoms with Crippen molar-refractivity contribution in [3.63, 3.8) is 0 Å². The summed E-state index contributed by atoms with van der Waals surface area (Å²) in [6.07, 6.45) is 2.68. The highest BCUT2D eigenvalue weighted by Crippen LogP contribution is 2.30. The summed E-state index contributed by atoms with van der Waals surface area (Å²) >= 11 is 0. The third-order valence-electron chi connectivity index (χ3n) is 5.30.